The van der Waals surface area contributed by atoms with E-state index in [0.717, 1.165) is 18.4 Å². The van der Waals surface area contributed by atoms with Crippen molar-refractivity contribution in [2.75, 3.05) is 6.61 Å². The fourth-order valence-corrected chi connectivity index (χ4v) is 22.8. The molecule has 1 aromatic rings. The average molecular weight is 491 g/mol. The van der Waals surface area contributed by atoms with E-state index in [1.807, 2.05) is 6.92 Å². The van der Waals surface area contributed by atoms with Crippen LogP contribution in [0.1, 0.15) is 83.8 Å². The fourth-order valence-electron chi connectivity index (χ4n) is 4.85. The van der Waals surface area contributed by atoms with Crippen molar-refractivity contribution >= 4 is 27.9 Å². The molecule has 0 saturated heterocycles. The van der Waals surface area contributed by atoms with Crippen LogP contribution in [0.2, 0.25) is 13.3 Å². The number of aryl methyl sites for hydroxylation is 1. The molecule has 0 amide bonds. The van der Waals surface area contributed by atoms with Crippen molar-refractivity contribution in [3.8, 4) is 0 Å². The first-order valence-corrected chi connectivity index (χ1v) is 19.1. The van der Waals surface area contributed by atoms with E-state index >= 15 is 0 Å². The third kappa shape index (κ3) is 5.64. The number of unbranched alkanes of at least 4 members (excludes halogenated alkanes) is 3. The van der Waals surface area contributed by atoms with Crippen molar-refractivity contribution in [1.29, 1.82) is 0 Å². The van der Waals surface area contributed by atoms with Gasteiger partial charge in [-0.15, -0.1) is 0 Å². The predicted octanol–water partition coefficient (Wildman–Crippen LogP) is 7.34. The molecule has 0 aliphatic heterocycles. The monoisotopic (exact) mass is 492 g/mol. The molecular formula is C25H40O2Sn. The Balaban J connectivity index is 2.66. The maximum atomic E-state index is 13.0. The van der Waals surface area contributed by atoms with Crippen molar-refractivity contribution in [3.05, 3.63) is 41.0 Å². The van der Waals surface area contributed by atoms with E-state index in [0.29, 0.717) is 6.61 Å². The van der Waals surface area contributed by atoms with Gasteiger partial charge in [0, 0.05) is 0 Å². The second-order valence-electron chi connectivity index (χ2n) is 8.32. The second kappa shape index (κ2) is 12.0. The summed E-state index contributed by atoms with van der Waals surface area (Å²) < 4.78 is 11.3. The molecule has 0 N–H and O–H groups in total. The first kappa shape index (κ1) is 23.5. The second-order valence-corrected chi connectivity index (χ2v) is 21.3. The van der Waals surface area contributed by atoms with Gasteiger partial charge in [-0.3, -0.25) is 0 Å². The van der Waals surface area contributed by atoms with Crippen LogP contribution in [0.25, 0.3) is 3.59 Å². The topological polar surface area (TPSA) is 26.3 Å². The van der Waals surface area contributed by atoms with E-state index in [1.54, 1.807) is 3.59 Å². The molecule has 1 aliphatic carbocycles. The van der Waals surface area contributed by atoms with Gasteiger partial charge >= 0.3 is 177 Å². The van der Waals surface area contributed by atoms with E-state index in [2.05, 4.69) is 45.0 Å². The van der Waals surface area contributed by atoms with Crippen LogP contribution in [0, 0.1) is 0 Å². The first-order chi connectivity index (χ1) is 13.6. The average Bonchev–Trinajstić information content (AvgIpc) is 2.73. The van der Waals surface area contributed by atoms with Crippen LogP contribution in [-0.4, -0.2) is 31.0 Å². The zero-order valence-corrected chi connectivity index (χ0v) is 21.5. The minimum absolute atomic E-state index is 0.0300. The normalized spacial score (nSPS) is 14.1. The Kier molecular flexibility index (Phi) is 10.1. The van der Waals surface area contributed by atoms with Gasteiger partial charge in [0.05, 0.1) is 0 Å². The van der Waals surface area contributed by atoms with Crippen molar-refractivity contribution in [3.63, 3.8) is 0 Å². The minimum atomic E-state index is -2.75. The molecule has 0 saturated carbocycles. The molecule has 0 spiro atoms. The van der Waals surface area contributed by atoms with Gasteiger partial charge in [-0.05, 0) is 0 Å². The van der Waals surface area contributed by atoms with E-state index in [1.165, 1.54) is 63.0 Å². The first-order valence-electron chi connectivity index (χ1n) is 11.6. The van der Waals surface area contributed by atoms with E-state index in [-0.39, 0.29) is 5.97 Å². The predicted molar refractivity (Wildman–Crippen MR) is 123 cm³/mol. The van der Waals surface area contributed by atoms with Gasteiger partial charge in [-0.25, -0.2) is 0 Å². The Morgan fingerprint density at radius 2 is 1.46 bits per heavy atom. The van der Waals surface area contributed by atoms with E-state index in [4.69, 9.17) is 4.74 Å². The third-order valence-corrected chi connectivity index (χ3v) is 22.2. The Morgan fingerprint density at radius 3 is 2.00 bits per heavy atom. The molecular weight excluding hydrogens is 451 g/mol. The number of rotatable bonds is 12. The van der Waals surface area contributed by atoms with E-state index in [9.17, 15) is 4.79 Å². The summed E-state index contributed by atoms with van der Waals surface area (Å²) in [5.74, 6) is -0.0300. The molecule has 0 atom stereocenters. The van der Waals surface area contributed by atoms with Crippen molar-refractivity contribution in [2.24, 2.45) is 0 Å². The zero-order chi connectivity index (χ0) is 20.4. The van der Waals surface area contributed by atoms with Crippen molar-refractivity contribution < 1.29 is 9.53 Å². The van der Waals surface area contributed by atoms with Gasteiger partial charge in [0.1, 0.15) is 0 Å². The Bertz CT molecular complexity index is 640. The summed E-state index contributed by atoms with van der Waals surface area (Å²) in [6.45, 7) is 9.33. The molecule has 2 rings (SSSR count). The van der Waals surface area contributed by atoms with Gasteiger partial charge in [0.2, 0.25) is 0 Å². The Hall–Kier alpha value is -0.771. The van der Waals surface area contributed by atoms with Crippen LogP contribution in [-0.2, 0) is 16.0 Å². The molecule has 2 nitrogen and oxygen atoms in total. The number of carbonyl (C=O) groups excluding carboxylic acids is 1. The summed E-state index contributed by atoms with van der Waals surface area (Å²) in [6.07, 6.45) is 9.53. The number of hydrogen-bond acceptors (Lipinski definition) is 2. The van der Waals surface area contributed by atoms with Crippen molar-refractivity contribution in [1.82, 2.24) is 0 Å². The van der Waals surface area contributed by atoms with Gasteiger partial charge in [0.15, 0.2) is 0 Å². The van der Waals surface area contributed by atoms with Crippen LogP contribution in [0.15, 0.2) is 29.8 Å². The van der Waals surface area contributed by atoms with Crippen LogP contribution < -0.4 is 0 Å². The molecule has 1 aliphatic rings. The van der Waals surface area contributed by atoms with Crippen molar-refractivity contribution in [2.45, 2.75) is 92.4 Å². The summed E-state index contributed by atoms with van der Waals surface area (Å²) in [6, 6.07) is 8.92. The molecule has 0 unspecified atom stereocenters. The van der Waals surface area contributed by atoms with Crippen LogP contribution >= 0.6 is 0 Å². The molecule has 0 aromatic heterocycles. The SMILES string of the molecule is CCC[CH2][Sn]([CH2]CCC)([CH2]CCC)[C]1=C(C(=O)OCC)CCc2ccccc21. The van der Waals surface area contributed by atoms with Crippen LogP contribution in [0.5, 0.6) is 0 Å². The number of fused-ring (bicyclic) bond motifs is 1. The standard InChI is InChI=1S/C13H13O2.3C4H9.Sn/c1-2-15-13(14)12-8-7-10-5-3-4-6-11(10)9-12;3*1-3-4-2;/h3-6H,2,7-8H2,1H3;3*1,3-4H2,2H3;. The molecule has 156 valence electrons. The Morgan fingerprint density at radius 1 is 0.893 bits per heavy atom. The Labute approximate surface area is 177 Å². The van der Waals surface area contributed by atoms with Gasteiger partial charge < -0.3 is 0 Å². The summed E-state index contributed by atoms with van der Waals surface area (Å²) >= 11 is -2.75. The van der Waals surface area contributed by atoms with Gasteiger partial charge in [-0.1, -0.05) is 0 Å². The molecule has 0 fully saturated rings. The van der Waals surface area contributed by atoms with Gasteiger partial charge in [0.25, 0.3) is 0 Å². The summed E-state index contributed by atoms with van der Waals surface area (Å²) in [7, 11) is 0. The fraction of sp³-hybridized carbons (Fsp3) is 0.640. The molecule has 0 radical (unpaired) electrons. The summed E-state index contributed by atoms with van der Waals surface area (Å²) in [5, 5.41) is 0. The molecule has 0 bridgehead atoms. The number of esters is 1. The molecule has 3 heteroatoms. The van der Waals surface area contributed by atoms with Gasteiger partial charge in [-0.2, -0.15) is 0 Å². The number of benzene rings is 1. The number of hydrogen-bond donors (Lipinski definition) is 0. The van der Waals surface area contributed by atoms with Crippen LogP contribution in [0.4, 0.5) is 0 Å². The summed E-state index contributed by atoms with van der Waals surface area (Å²) in [4.78, 5) is 13.0. The van der Waals surface area contributed by atoms with Crippen LogP contribution in [0.3, 0.4) is 0 Å². The number of ether oxygens (including phenoxy) is 1. The molecule has 28 heavy (non-hydrogen) atoms. The molecule has 0 heterocycles. The molecule has 1 aromatic carbocycles. The van der Waals surface area contributed by atoms with E-state index < -0.39 is 18.4 Å². The summed E-state index contributed by atoms with van der Waals surface area (Å²) in [5.41, 5.74) is 3.92. The quantitative estimate of drug-likeness (QED) is 0.226. The zero-order valence-electron chi connectivity index (χ0n) is 18.6. The third-order valence-electron chi connectivity index (χ3n) is 6.31. The number of carbonyl (C=O) groups is 1. The maximum absolute atomic E-state index is 13.0.